The lowest BCUT2D eigenvalue weighted by Gasteiger charge is -2.43. The van der Waals surface area contributed by atoms with E-state index in [2.05, 4.69) is 17.0 Å². The van der Waals surface area contributed by atoms with E-state index in [-0.39, 0.29) is 16.8 Å². The summed E-state index contributed by atoms with van der Waals surface area (Å²) in [6.07, 6.45) is 9.88. The Bertz CT molecular complexity index is 888. The van der Waals surface area contributed by atoms with Crippen LogP contribution in [0.15, 0.2) is 29.4 Å². The molecule has 2 fully saturated rings. The van der Waals surface area contributed by atoms with Crippen LogP contribution in [-0.4, -0.2) is 84.0 Å². The third-order valence-electron chi connectivity index (χ3n) is 6.78. The molecule has 0 radical (unpaired) electrons. The standard InChI is InChI=1S/C20H31N5O3S/c1-3-24-16-17(15-21-24)29(27,28)25-10-5-4-8-20(9-6-7-18(20)25)19(26)23-13-11-22(2)12-14-23/h4-5,15-16,18H,3,6-14H2,1-2H3/t18-,20-/m1/s1. The second-order valence-corrected chi connectivity index (χ2v) is 10.3. The zero-order valence-corrected chi connectivity index (χ0v) is 18.1. The molecular weight excluding hydrogens is 390 g/mol. The van der Waals surface area contributed by atoms with Crippen molar-refractivity contribution >= 4 is 15.9 Å². The van der Waals surface area contributed by atoms with Gasteiger partial charge >= 0.3 is 0 Å². The van der Waals surface area contributed by atoms with Crippen LogP contribution in [0.25, 0.3) is 0 Å². The van der Waals surface area contributed by atoms with E-state index in [1.54, 1.807) is 15.2 Å². The molecule has 3 aliphatic rings. The molecule has 3 heterocycles. The molecule has 1 aliphatic carbocycles. The monoisotopic (exact) mass is 421 g/mol. The fraction of sp³-hybridized carbons (Fsp3) is 0.700. The first-order chi connectivity index (χ1) is 13.9. The lowest BCUT2D eigenvalue weighted by Crippen LogP contribution is -2.57. The first-order valence-corrected chi connectivity index (χ1v) is 12.0. The Hall–Kier alpha value is -1.71. The van der Waals surface area contributed by atoms with Crippen LogP contribution in [0.3, 0.4) is 0 Å². The van der Waals surface area contributed by atoms with Crippen LogP contribution >= 0.6 is 0 Å². The fourth-order valence-electron chi connectivity index (χ4n) is 5.02. The Morgan fingerprint density at radius 3 is 2.69 bits per heavy atom. The zero-order chi connectivity index (χ0) is 20.6. The van der Waals surface area contributed by atoms with Crippen LogP contribution in [0.5, 0.6) is 0 Å². The smallest absolute Gasteiger partial charge is 0.246 e. The molecule has 9 heteroatoms. The molecule has 1 saturated carbocycles. The largest absolute Gasteiger partial charge is 0.340 e. The Kier molecular flexibility index (Phi) is 5.56. The SMILES string of the molecule is CCn1cc(S(=O)(=O)N2CC=CC[C@@]3(C(=O)N4CCN(C)CC4)CCC[C@@H]23)cn1. The van der Waals surface area contributed by atoms with Gasteiger partial charge in [0.25, 0.3) is 0 Å². The molecule has 1 amide bonds. The van der Waals surface area contributed by atoms with E-state index in [1.807, 2.05) is 24.0 Å². The second-order valence-electron chi connectivity index (χ2n) is 8.44. The number of carbonyl (C=O) groups is 1. The number of sulfonamides is 1. The summed E-state index contributed by atoms with van der Waals surface area (Å²) in [5.41, 5.74) is -0.656. The Morgan fingerprint density at radius 2 is 2.00 bits per heavy atom. The molecule has 0 N–H and O–H groups in total. The first-order valence-electron chi connectivity index (χ1n) is 10.6. The van der Waals surface area contributed by atoms with Gasteiger partial charge in [-0.25, -0.2) is 8.42 Å². The van der Waals surface area contributed by atoms with E-state index in [0.717, 1.165) is 32.4 Å². The van der Waals surface area contributed by atoms with Gasteiger partial charge in [-0.15, -0.1) is 0 Å². The number of piperazine rings is 1. The second kappa shape index (κ2) is 7.85. The summed E-state index contributed by atoms with van der Waals surface area (Å²) in [7, 11) is -1.65. The molecule has 8 nitrogen and oxygen atoms in total. The number of nitrogens with zero attached hydrogens (tertiary/aromatic N) is 5. The maximum atomic E-state index is 13.7. The number of hydrogen-bond donors (Lipinski definition) is 0. The molecule has 1 aromatic heterocycles. The van der Waals surface area contributed by atoms with Gasteiger partial charge in [0.15, 0.2) is 0 Å². The van der Waals surface area contributed by atoms with Gasteiger partial charge in [-0.3, -0.25) is 9.48 Å². The summed E-state index contributed by atoms with van der Waals surface area (Å²) >= 11 is 0. The lowest BCUT2D eigenvalue weighted by molar-refractivity contribution is -0.145. The third kappa shape index (κ3) is 3.53. The number of fused-ring (bicyclic) bond motifs is 1. The summed E-state index contributed by atoms with van der Waals surface area (Å²) in [4.78, 5) is 18.1. The third-order valence-corrected chi connectivity index (χ3v) is 8.60. The van der Waals surface area contributed by atoms with Gasteiger partial charge in [0.2, 0.25) is 15.9 Å². The lowest BCUT2D eigenvalue weighted by atomic mass is 9.78. The van der Waals surface area contributed by atoms with Crippen molar-refractivity contribution in [1.82, 2.24) is 23.9 Å². The topological polar surface area (TPSA) is 78.8 Å². The van der Waals surface area contributed by atoms with Crippen molar-refractivity contribution < 1.29 is 13.2 Å². The molecule has 1 aromatic rings. The van der Waals surface area contributed by atoms with Crippen LogP contribution in [0.2, 0.25) is 0 Å². The van der Waals surface area contributed by atoms with E-state index >= 15 is 0 Å². The predicted molar refractivity (Wildman–Crippen MR) is 110 cm³/mol. The quantitative estimate of drug-likeness (QED) is 0.682. The highest BCUT2D eigenvalue weighted by atomic mass is 32.2. The predicted octanol–water partition coefficient (Wildman–Crippen LogP) is 1.17. The minimum Gasteiger partial charge on any atom is -0.340 e. The molecule has 160 valence electrons. The van der Waals surface area contributed by atoms with E-state index in [0.29, 0.717) is 32.6 Å². The summed E-state index contributed by atoms with van der Waals surface area (Å²) in [5, 5.41) is 4.15. The Morgan fingerprint density at radius 1 is 1.24 bits per heavy atom. The number of allylic oxidation sites excluding steroid dienone is 1. The van der Waals surface area contributed by atoms with Crippen molar-refractivity contribution in [2.45, 2.75) is 50.1 Å². The van der Waals surface area contributed by atoms with Crippen LogP contribution in [0, 0.1) is 5.41 Å². The highest BCUT2D eigenvalue weighted by Gasteiger charge is 2.55. The number of likely N-dealkylation sites (N-methyl/N-ethyl adjacent to an activating group) is 1. The summed E-state index contributed by atoms with van der Waals surface area (Å²) in [6, 6.07) is -0.306. The van der Waals surface area contributed by atoms with Crippen molar-refractivity contribution in [1.29, 1.82) is 0 Å². The average molecular weight is 422 g/mol. The molecule has 0 spiro atoms. The molecular formula is C20H31N5O3S. The van der Waals surface area contributed by atoms with Crippen LogP contribution in [0.1, 0.15) is 32.6 Å². The van der Waals surface area contributed by atoms with Gasteiger partial charge in [0.05, 0.1) is 11.6 Å². The van der Waals surface area contributed by atoms with E-state index < -0.39 is 15.4 Å². The minimum atomic E-state index is -3.72. The number of aryl methyl sites for hydroxylation is 1. The van der Waals surface area contributed by atoms with E-state index in [4.69, 9.17) is 0 Å². The van der Waals surface area contributed by atoms with Gasteiger partial charge in [-0.1, -0.05) is 18.6 Å². The summed E-state index contributed by atoms with van der Waals surface area (Å²) in [5.74, 6) is 0.129. The maximum absolute atomic E-state index is 13.7. The van der Waals surface area contributed by atoms with Crippen molar-refractivity contribution in [2.24, 2.45) is 5.41 Å². The Labute approximate surface area is 173 Å². The minimum absolute atomic E-state index is 0.129. The molecule has 1 saturated heterocycles. The molecule has 2 aliphatic heterocycles. The fourth-order valence-corrected chi connectivity index (χ4v) is 6.65. The van der Waals surface area contributed by atoms with E-state index in [9.17, 15) is 13.2 Å². The molecule has 4 rings (SSSR count). The summed E-state index contributed by atoms with van der Waals surface area (Å²) < 4.78 is 30.2. The molecule has 0 bridgehead atoms. The normalized spacial score (nSPS) is 29.0. The van der Waals surface area contributed by atoms with Crippen LogP contribution < -0.4 is 0 Å². The van der Waals surface area contributed by atoms with Gasteiger partial charge in [-0.2, -0.15) is 9.40 Å². The number of amides is 1. The van der Waals surface area contributed by atoms with Gasteiger partial charge < -0.3 is 9.80 Å². The van der Waals surface area contributed by atoms with Crippen LogP contribution in [-0.2, 0) is 21.4 Å². The van der Waals surface area contributed by atoms with Gasteiger partial charge in [0, 0.05) is 51.5 Å². The van der Waals surface area contributed by atoms with Gasteiger partial charge in [-0.05, 0) is 33.2 Å². The Balaban J connectivity index is 1.67. The van der Waals surface area contributed by atoms with Crippen molar-refractivity contribution in [3.8, 4) is 0 Å². The number of aromatic nitrogens is 2. The molecule has 29 heavy (non-hydrogen) atoms. The van der Waals surface area contributed by atoms with Crippen molar-refractivity contribution in [3.05, 3.63) is 24.5 Å². The first kappa shape index (κ1) is 20.6. The van der Waals surface area contributed by atoms with Gasteiger partial charge in [0.1, 0.15) is 4.90 Å². The van der Waals surface area contributed by atoms with E-state index in [1.165, 1.54) is 6.20 Å². The number of rotatable bonds is 4. The van der Waals surface area contributed by atoms with Crippen molar-refractivity contribution in [2.75, 3.05) is 39.8 Å². The zero-order valence-electron chi connectivity index (χ0n) is 17.3. The van der Waals surface area contributed by atoms with Crippen LogP contribution in [0.4, 0.5) is 0 Å². The summed E-state index contributed by atoms with van der Waals surface area (Å²) in [6.45, 7) is 6.00. The number of hydrogen-bond acceptors (Lipinski definition) is 5. The molecule has 0 unspecified atom stereocenters. The average Bonchev–Trinajstić information content (AvgIpc) is 3.32. The maximum Gasteiger partial charge on any atom is 0.246 e. The number of carbonyl (C=O) groups excluding carboxylic acids is 1. The highest BCUT2D eigenvalue weighted by Crippen LogP contribution is 2.48. The highest BCUT2D eigenvalue weighted by molar-refractivity contribution is 7.89. The molecule has 0 aromatic carbocycles. The molecule has 2 atom stereocenters. The van der Waals surface area contributed by atoms with Crippen molar-refractivity contribution in [3.63, 3.8) is 0 Å².